The summed E-state index contributed by atoms with van der Waals surface area (Å²) in [6.45, 7) is 4.49. The van der Waals surface area contributed by atoms with Gasteiger partial charge in [-0.05, 0) is 24.2 Å². The monoisotopic (exact) mass is 343 g/mol. The van der Waals surface area contributed by atoms with Crippen LogP contribution in [0, 0.1) is 11.8 Å². The molecule has 25 heavy (non-hydrogen) atoms. The Bertz CT molecular complexity index is 791. The highest BCUT2D eigenvalue weighted by Gasteiger charge is 2.15. The van der Waals surface area contributed by atoms with Gasteiger partial charge in [-0.3, -0.25) is 0 Å². The maximum absolute atomic E-state index is 10.4. The zero-order chi connectivity index (χ0) is 17.6. The molecule has 1 saturated heterocycles. The van der Waals surface area contributed by atoms with E-state index in [1.165, 1.54) is 24.4 Å². The molecule has 10 nitrogen and oxygen atoms in total. The average Bonchev–Trinajstić information content (AvgIpc) is 2.63. The van der Waals surface area contributed by atoms with Crippen molar-refractivity contribution in [3.05, 3.63) is 34.5 Å². The summed E-state index contributed by atoms with van der Waals surface area (Å²) in [4.78, 5) is 25.3. The Morgan fingerprint density at radius 3 is 2.80 bits per heavy atom. The number of aromatic hydroxyl groups is 1. The van der Waals surface area contributed by atoms with Crippen LogP contribution in [-0.2, 0) is 4.74 Å². The van der Waals surface area contributed by atoms with Crippen LogP contribution in [0.3, 0.4) is 0 Å². The summed E-state index contributed by atoms with van der Waals surface area (Å²) < 4.78 is 5.32. The van der Waals surface area contributed by atoms with Crippen molar-refractivity contribution >= 4 is 23.8 Å². The SMILES string of the molecule is Cc1nc(N/N=C/c2ccc(N=O)cc2O)nc(N2CCOCC2)n1. The van der Waals surface area contributed by atoms with Crippen molar-refractivity contribution in [1.82, 2.24) is 15.0 Å². The standard InChI is InChI=1S/C15H17N7O3/c1-10-17-14(19-15(18-10)22-4-6-25-7-5-22)20-16-9-11-2-3-12(21-24)8-13(11)23/h2-3,8-9,23H,4-7H2,1H3,(H,17,18,19,20)/b16-9+. The first-order chi connectivity index (χ1) is 12.2. The molecule has 2 aromatic rings. The molecule has 3 rings (SSSR count). The quantitative estimate of drug-likeness (QED) is 0.476. The number of hydrazone groups is 1. The highest BCUT2D eigenvalue weighted by Crippen LogP contribution is 2.22. The van der Waals surface area contributed by atoms with Gasteiger partial charge in [0, 0.05) is 24.7 Å². The fourth-order valence-corrected chi connectivity index (χ4v) is 2.28. The number of nitroso groups, excluding NO2 is 1. The average molecular weight is 343 g/mol. The molecular weight excluding hydrogens is 326 g/mol. The van der Waals surface area contributed by atoms with Gasteiger partial charge in [0.15, 0.2) is 0 Å². The summed E-state index contributed by atoms with van der Waals surface area (Å²) >= 11 is 0. The van der Waals surface area contributed by atoms with E-state index in [0.717, 1.165) is 13.1 Å². The van der Waals surface area contributed by atoms with Gasteiger partial charge in [-0.1, -0.05) is 0 Å². The van der Waals surface area contributed by atoms with E-state index < -0.39 is 0 Å². The Balaban J connectivity index is 1.72. The second-order valence-electron chi connectivity index (χ2n) is 5.31. The van der Waals surface area contributed by atoms with Crippen molar-refractivity contribution in [1.29, 1.82) is 0 Å². The van der Waals surface area contributed by atoms with E-state index in [4.69, 9.17) is 4.74 Å². The number of hydrogen-bond acceptors (Lipinski definition) is 10. The summed E-state index contributed by atoms with van der Waals surface area (Å²) in [5.74, 6) is 1.34. The summed E-state index contributed by atoms with van der Waals surface area (Å²) in [5, 5.41) is 16.6. The van der Waals surface area contributed by atoms with E-state index in [1.807, 2.05) is 4.90 Å². The van der Waals surface area contributed by atoms with Crippen molar-refractivity contribution in [3.63, 3.8) is 0 Å². The Labute approximate surface area is 143 Å². The molecule has 2 N–H and O–H groups in total. The summed E-state index contributed by atoms with van der Waals surface area (Å²) in [6, 6.07) is 4.28. The molecular formula is C15H17N7O3. The third kappa shape index (κ3) is 4.23. The highest BCUT2D eigenvalue weighted by atomic mass is 16.5. The number of aryl methyl sites for hydroxylation is 1. The van der Waals surface area contributed by atoms with Crippen LogP contribution >= 0.6 is 0 Å². The van der Waals surface area contributed by atoms with Gasteiger partial charge in [0.1, 0.15) is 17.3 Å². The number of aromatic nitrogens is 3. The molecule has 1 aromatic heterocycles. The van der Waals surface area contributed by atoms with Crippen molar-refractivity contribution in [3.8, 4) is 5.75 Å². The minimum atomic E-state index is -0.0940. The molecule has 0 spiro atoms. The van der Waals surface area contributed by atoms with E-state index >= 15 is 0 Å². The lowest BCUT2D eigenvalue weighted by Gasteiger charge is -2.26. The van der Waals surface area contributed by atoms with E-state index in [9.17, 15) is 10.0 Å². The van der Waals surface area contributed by atoms with Gasteiger partial charge in [0.05, 0.1) is 19.4 Å². The van der Waals surface area contributed by atoms with Gasteiger partial charge in [0.25, 0.3) is 0 Å². The van der Waals surface area contributed by atoms with Crippen LogP contribution in [0.5, 0.6) is 5.75 Å². The van der Waals surface area contributed by atoms with Gasteiger partial charge < -0.3 is 14.7 Å². The molecule has 0 bridgehead atoms. The van der Waals surface area contributed by atoms with Gasteiger partial charge in [-0.25, -0.2) is 5.43 Å². The lowest BCUT2D eigenvalue weighted by Crippen LogP contribution is -2.37. The van der Waals surface area contributed by atoms with Crippen LogP contribution < -0.4 is 10.3 Å². The first-order valence-electron chi connectivity index (χ1n) is 7.66. The molecule has 1 aliphatic rings. The molecule has 0 aliphatic carbocycles. The van der Waals surface area contributed by atoms with Crippen LogP contribution in [0.15, 0.2) is 28.5 Å². The largest absolute Gasteiger partial charge is 0.507 e. The summed E-state index contributed by atoms with van der Waals surface area (Å²) in [6.07, 6.45) is 1.40. The number of phenolic OH excluding ortho intramolecular Hbond substituents is 1. The summed E-state index contributed by atoms with van der Waals surface area (Å²) in [7, 11) is 0. The first kappa shape index (κ1) is 16.7. The minimum absolute atomic E-state index is 0.0940. The Hall–Kier alpha value is -3.14. The number of nitrogens with one attached hydrogen (secondary N) is 1. The molecule has 1 fully saturated rings. The van der Waals surface area contributed by atoms with E-state index in [-0.39, 0.29) is 11.4 Å². The third-order valence-corrected chi connectivity index (χ3v) is 3.52. The van der Waals surface area contributed by atoms with Crippen LogP contribution in [0.25, 0.3) is 0 Å². The zero-order valence-electron chi connectivity index (χ0n) is 13.6. The molecule has 130 valence electrons. The normalized spacial score (nSPS) is 14.7. The predicted octanol–water partition coefficient (Wildman–Crippen LogP) is 1.57. The second kappa shape index (κ2) is 7.62. The molecule has 0 unspecified atom stereocenters. The maximum Gasteiger partial charge on any atom is 0.248 e. The van der Waals surface area contributed by atoms with E-state index in [1.54, 1.807) is 6.92 Å². The number of ether oxygens (including phenoxy) is 1. The van der Waals surface area contributed by atoms with Crippen LogP contribution in [0.4, 0.5) is 17.6 Å². The Morgan fingerprint density at radius 2 is 2.08 bits per heavy atom. The number of phenols is 1. The number of benzene rings is 1. The third-order valence-electron chi connectivity index (χ3n) is 3.52. The molecule has 1 aliphatic heterocycles. The van der Waals surface area contributed by atoms with Gasteiger partial charge in [-0.15, -0.1) is 4.91 Å². The number of nitrogens with zero attached hydrogens (tertiary/aromatic N) is 6. The smallest absolute Gasteiger partial charge is 0.248 e. The van der Waals surface area contributed by atoms with E-state index in [0.29, 0.717) is 36.5 Å². The predicted molar refractivity (Wildman–Crippen MR) is 92.4 cm³/mol. The van der Waals surface area contributed by atoms with Crippen molar-refractivity contribution in [2.24, 2.45) is 10.3 Å². The van der Waals surface area contributed by atoms with Crippen molar-refractivity contribution in [2.45, 2.75) is 6.92 Å². The number of hydrogen-bond donors (Lipinski definition) is 2. The topological polar surface area (TPSA) is 125 Å². The highest BCUT2D eigenvalue weighted by molar-refractivity contribution is 5.84. The number of morpholine rings is 1. The molecule has 10 heteroatoms. The molecule has 2 heterocycles. The number of rotatable bonds is 5. The van der Waals surface area contributed by atoms with Crippen LogP contribution in [0.1, 0.15) is 11.4 Å². The molecule has 0 atom stereocenters. The summed E-state index contributed by atoms with van der Waals surface area (Å²) in [5.41, 5.74) is 3.30. The second-order valence-corrected chi connectivity index (χ2v) is 5.31. The van der Waals surface area contributed by atoms with Crippen molar-refractivity contribution < 1.29 is 9.84 Å². The molecule has 0 saturated carbocycles. The van der Waals surface area contributed by atoms with Crippen LogP contribution in [0.2, 0.25) is 0 Å². The Kier molecular flexibility index (Phi) is 5.09. The lowest BCUT2D eigenvalue weighted by atomic mass is 10.2. The van der Waals surface area contributed by atoms with Crippen molar-refractivity contribution in [2.75, 3.05) is 36.6 Å². The fourth-order valence-electron chi connectivity index (χ4n) is 2.28. The van der Waals surface area contributed by atoms with Gasteiger partial charge in [0.2, 0.25) is 11.9 Å². The van der Waals surface area contributed by atoms with Crippen LogP contribution in [-0.4, -0.2) is 52.6 Å². The lowest BCUT2D eigenvalue weighted by molar-refractivity contribution is 0.122. The zero-order valence-corrected chi connectivity index (χ0v) is 13.6. The first-order valence-corrected chi connectivity index (χ1v) is 7.66. The Morgan fingerprint density at radius 1 is 1.28 bits per heavy atom. The molecule has 0 amide bonds. The molecule has 0 radical (unpaired) electrons. The number of anilines is 2. The molecule has 1 aromatic carbocycles. The van der Waals surface area contributed by atoms with Gasteiger partial charge in [-0.2, -0.15) is 20.1 Å². The minimum Gasteiger partial charge on any atom is -0.507 e. The van der Waals surface area contributed by atoms with Gasteiger partial charge >= 0.3 is 0 Å². The maximum atomic E-state index is 10.4. The van der Waals surface area contributed by atoms with E-state index in [2.05, 4.69) is 30.7 Å². The fraction of sp³-hybridized carbons (Fsp3) is 0.333.